The molecule has 6 N–H and O–H groups in total. The molecule has 11 nitrogen and oxygen atoms in total. The Hall–Kier alpha value is -5.92. The lowest BCUT2D eigenvalue weighted by Crippen LogP contribution is -2.39. The number of rotatable bonds is 12. The van der Waals surface area contributed by atoms with Gasteiger partial charge >= 0.3 is 24.1 Å². The molecule has 0 fully saturated rings. The Balaban J connectivity index is 0.000000804. The molecule has 48 heavy (non-hydrogen) atoms. The second kappa shape index (κ2) is 17.7. The second-order valence-corrected chi connectivity index (χ2v) is 10.3. The first-order chi connectivity index (χ1) is 22.8. The van der Waals surface area contributed by atoms with Crippen molar-refractivity contribution in [3.63, 3.8) is 0 Å². The number of carbonyl (C=O) groups excluding carboxylic acids is 3. The van der Waals surface area contributed by atoms with Crippen LogP contribution in [0.25, 0.3) is 21.9 Å². The van der Waals surface area contributed by atoms with E-state index in [4.69, 9.17) is 9.90 Å². The number of carbonyl (C=O) groups is 5. The maximum atomic E-state index is 12.5. The zero-order valence-corrected chi connectivity index (χ0v) is 25.4. The van der Waals surface area contributed by atoms with Gasteiger partial charge in [0.15, 0.2) is 0 Å². The third-order valence-corrected chi connectivity index (χ3v) is 6.73. The van der Waals surface area contributed by atoms with Crippen LogP contribution in [-0.4, -0.2) is 59.3 Å². The highest BCUT2D eigenvalue weighted by atomic mass is 19.4. The summed E-state index contributed by atoms with van der Waals surface area (Å²) >= 11 is 0. The Kier molecular flexibility index (Phi) is 13.5. The normalized spacial score (nSPS) is 11.3. The summed E-state index contributed by atoms with van der Waals surface area (Å²) in [6.45, 7) is -0.0120. The van der Waals surface area contributed by atoms with E-state index in [1.165, 1.54) is 0 Å². The van der Waals surface area contributed by atoms with Crippen molar-refractivity contribution in [2.75, 3.05) is 18.4 Å². The molecule has 1 unspecified atom stereocenters. The van der Waals surface area contributed by atoms with Gasteiger partial charge < -0.3 is 31.5 Å². The van der Waals surface area contributed by atoms with Gasteiger partial charge in [0.2, 0.25) is 11.8 Å². The molecule has 0 bridgehead atoms. The molecule has 0 heterocycles. The smallest absolute Gasteiger partial charge is 0.481 e. The first kappa shape index (κ1) is 36.5. The lowest BCUT2D eigenvalue weighted by Gasteiger charge is -2.18. The number of hydrogen-bond acceptors (Lipinski definition) is 5. The van der Waals surface area contributed by atoms with E-state index in [0.717, 1.165) is 21.9 Å². The fourth-order valence-electron chi connectivity index (χ4n) is 4.43. The van der Waals surface area contributed by atoms with Crippen molar-refractivity contribution >= 4 is 46.2 Å². The molecule has 4 aromatic rings. The fourth-order valence-corrected chi connectivity index (χ4v) is 4.43. The predicted molar refractivity (Wildman–Crippen MR) is 172 cm³/mol. The number of amides is 4. The summed E-state index contributed by atoms with van der Waals surface area (Å²) in [7, 11) is 0. The molecule has 4 amide bonds. The standard InChI is InChI=1S/C32H32N4O5.C2HF3O2/c37-29(14-7-19-33-32(41)36-27-13-6-11-24-10-4-5-12-26(24)27)34-21-30(38)35-28(20-31(39)40)25-17-15-23(16-18-25)22-8-2-1-3-9-22;3-2(4,5)1(6)7/h1-6,8-13,15-18,28H,7,14,19-21H2,(H,34,37)(H,35,38)(H,39,40)(H2,33,36,41);(H,6,7). The summed E-state index contributed by atoms with van der Waals surface area (Å²) in [6, 6.07) is 29.4. The summed E-state index contributed by atoms with van der Waals surface area (Å²) < 4.78 is 31.7. The van der Waals surface area contributed by atoms with Crippen molar-refractivity contribution in [3.8, 4) is 11.1 Å². The molecule has 0 aromatic heterocycles. The number of halogens is 3. The van der Waals surface area contributed by atoms with Crippen molar-refractivity contribution in [1.82, 2.24) is 16.0 Å². The molecule has 4 aromatic carbocycles. The predicted octanol–water partition coefficient (Wildman–Crippen LogP) is 5.49. The van der Waals surface area contributed by atoms with Crippen LogP contribution >= 0.6 is 0 Å². The van der Waals surface area contributed by atoms with Gasteiger partial charge in [-0.1, -0.05) is 91.0 Å². The molecule has 252 valence electrons. The number of carboxylic acid groups (broad SMARTS) is 2. The molecule has 0 saturated carbocycles. The summed E-state index contributed by atoms with van der Waals surface area (Å²) in [6.07, 6.45) is -4.88. The zero-order chi connectivity index (χ0) is 35.1. The third-order valence-electron chi connectivity index (χ3n) is 6.73. The van der Waals surface area contributed by atoms with Crippen molar-refractivity contribution < 1.29 is 47.4 Å². The van der Waals surface area contributed by atoms with Gasteiger partial charge in [0.1, 0.15) is 0 Å². The summed E-state index contributed by atoms with van der Waals surface area (Å²) in [5.74, 6) is -4.65. The lowest BCUT2D eigenvalue weighted by molar-refractivity contribution is -0.192. The van der Waals surface area contributed by atoms with E-state index < -0.39 is 30.1 Å². The highest BCUT2D eigenvalue weighted by Gasteiger charge is 2.38. The number of hydrogen-bond donors (Lipinski definition) is 6. The van der Waals surface area contributed by atoms with Crippen LogP contribution in [0.3, 0.4) is 0 Å². The molecule has 0 radical (unpaired) electrons. The minimum atomic E-state index is -5.08. The summed E-state index contributed by atoms with van der Waals surface area (Å²) in [4.78, 5) is 57.3. The molecule has 0 spiro atoms. The van der Waals surface area contributed by atoms with Crippen LogP contribution in [0, 0.1) is 0 Å². The average Bonchev–Trinajstić information content (AvgIpc) is 3.06. The largest absolute Gasteiger partial charge is 0.490 e. The van der Waals surface area contributed by atoms with Gasteiger partial charge in [-0.25, -0.2) is 9.59 Å². The molecule has 0 saturated heterocycles. The highest BCUT2D eigenvalue weighted by Crippen LogP contribution is 2.24. The van der Waals surface area contributed by atoms with E-state index in [1.807, 2.05) is 84.9 Å². The van der Waals surface area contributed by atoms with E-state index in [-0.39, 0.29) is 37.9 Å². The molecule has 0 aliphatic rings. The van der Waals surface area contributed by atoms with Crippen LogP contribution in [0.1, 0.15) is 30.9 Å². The van der Waals surface area contributed by atoms with Gasteiger partial charge in [-0.3, -0.25) is 14.4 Å². The van der Waals surface area contributed by atoms with Gasteiger partial charge in [-0.05, 0) is 34.6 Å². The van der Waals surface area contributed by atoms with E-state index >= 15 is 0 Å². The topological polar surface area (TPSA) is 174 Å². The Morgan fingerprint density at radius 1 is 0.708 bits per heavy atom. The fraction of sp³-hybridized carbons (Fsp3) is 0.206. The molecule has 0 aliphatic carbocycles. The van der Waals surface area contributed by atoms with E-state index in [2.05, 4.69) is 21.3 Å². The van der Waals surface area contributed by atoms with Gasteiger partial charge in [-0.15, -0.1) is 0 Å². The number of aliphatic carboxylic acids is 2. The Labute approximate surface area is 273 Å². The minimum absolute atomic E-state index is 0.112. The SMILES string of the molecule is O=C(O)C(F)(F)F.O=C(O)CC(NC(=O)CNC(=O)CCCNC(=O)Nc1cccc2ccccc12)c1ccc(-c2ccccc2)cc1. The molecule has 0 aliphatic heterocycles. The van der Waals surface area contributed by atoms with Gasteiger partial charge in [0.05, 0.1) is 24.7 Å². The van der Waals surface area contributed by atoms with Crippen molar-refractivity contribution in [1.29, 1.82) is 0 Å². The van der Waals surface area contributed by atoms with Gasteiger partial charge in [0, 0.05) is 18.4 Å². The summed E-state index contributed by atoms with van der Waals surface area (Å²) in [5.41, 5.74) is 3.35. The number of fused-ring (bicyclic) bond motifs is 1. The molecular weight excluding hydrogens is 633 g/mol. The first-order valence-corrected chi connectivity index (χ1v) is 14.6. The van der Waals surface area contributed by atoms with Crippen LogP contribution in [0.4, 0.5) is 23.7 Å². The van der Waals surface area contributed by atoms with Crippen molar-refractivity contribution in [2.45, 2.75) is 31.5 Å². The van der Waals surface area contributed by atoms with Crippen LogP contribution in [0.15, 0.2) is 97.1 Å². The van der Waals surface area contributed by atoms with Crippen molar-refractivity contribution in [3.05, 3.63) is 103 Å². The minimum Gasteiger partial charge on any atom is -0.481 e. The first-order valence-electron chi connectivity index (χ1n) is 14.6. The van der Waals surface area contributed by atoms with Crippen LogP contribution in [-0.2, 0) is 19.2 Å². The van der Waals surface area contributed by atoms with E-state index in [0.29, 0.717) is 17.7 Å². The molecule has 14 heteroatoms. The quantitative estimate of drug-likeness (QED) is 0.108. The van der Waals surface area contributed by atoms with Crippen molar-refractivity contribution in [2.24, 2.45) is 0 Å². The van der Waals surface area contributed by atoms with Crippen LogP contribution < -0.4 is 21.3 Å². The zero-order valence-electron chi connectivity index (χ0n) is 25.4. The number of urea groups is 1. The van der Waals surface area contributed by atoms with Gasteiger partial charge in [-0.2, -0.15) is 13.2 Å². The van der Waals surface area contributed by atoms with Gasteiger partial charge in [0.25, 0.3) is 0 Å². The number of carboxylic acids is 2. The molecular formula is C34H33F3N4O7. The summed E-state index contributed by atoms with van der Waals surface area (Å²) in [5, 5.41) is 29.2. The molecule has 4 rings (SSSR count). The average molecular weight is 667 g/mol. The Bertz CT molecular complexity index is 1710. The highest BCUT2D eigenvalue weighted by molar-refractivity contribution is 6.01. The third kappa shape index (κ3) is 12.1. The van der Waals surface area contributed by atoms with E-state index in [9.17, 15) is 37.5 Å². The lowest BCUT2D eigenvalue weighted by atomic mass is 9.99. The number of benzene rings is 4. The Morgan fingerprint density at radius 3 is 1.96 bits per heavy atom. The number of anilines is 1. The van der Waals surface area contributed by atoms with E-state index in [1.54, 1.807) is 12.1 Å². The number of alkyl halides is 3. The maximum Gasteiger partial charge on any atom is 0.490 e. The Morgan fingerprint density at radius 2 is 1.31 bits per heavy atom. The second-order valence-electron chi connectivity index (χ2n) is 10.3. The van der Waals surface area contributed by atoms with Crippen LogP contribution in [0.5, 0.6) is 0 Å². The van der Waals surface area contributed by atoms with Crippen LogP contribution in [0.2, 0.25) is 0 Å². The monoisotopic (exact) mass is 666 g/mol. The molecule has 1 atom stereocenters. The number of nitrogens with one attached hydrogen (secondary N) is 4. The maximum absolute atomic E-state index is 12.5.